The van der Waals surface area contributed by atoms with E-state index in [0.29, 0.717) is 0 Å². The maximum atomic E-state index is 5.82. The summed E-state index contributed by atoms with van der Waals surface area (Å²) in [6, 6.07) is 0.495. The number of halogens is 1. The highest BCUT2D eigenvalue weighted by atomic mass is 35.5. The molecule has 0 spiro atoms. The Morgan fingerprint density at radius 2 is 1.12 bits per heavy atom. The first-order valence-corrected chi connectivity index (χ1v) is 12.5. The van der Waals surface area contributed by atoms with Gasteiger partial charge in [0.15, 0.2) is 0 Å². The second-order valence-electron chi connectivity index (χ2n) is 5.60. The predicted octanol–water partition coefficient (Wildman–Crippen LogP) is 2.95. The van der Waals surface area contributed by atoms with Crippen LogP contribution in [0.5, 0.6) is 12.0 Å². The van der Waals surface area contributed by atoms with E-state index in [2.05, 4.69) is 15.0 Å². The third-order valence-corrected chi connectivity index (χ3v) is 3.12. The Bertz CT molecular complexity index is 370. The summed E-state index contributed by atoms with van der Waals surface area (Å²) in [7, 11) is -3.52. The molecule has 0 aliphatic heterocycles. The zero-order valence-corrected chi connectivity index (χ0v) is 13.8. The van der Waals surface area contributed by atoms with Gasteiger partial charge in [-0.3, -0.25) is 0 Å². The second-order valence-corrected chi connectivity index (χ2v) is 14.8. The summed E-state index contributed by atoms with van der Waals surface area (Å²) in [4.78, 5) is 12.0. The first kappa shape index (κ1) is 14.4. The van der Waals surface area contributed by atoms with Gasteiger partial charge < -0.3 is 8.85 Å². The van der Waals surface area contributed by atoms with E-state index in [-0.39, 0.29) is 17.3 Å². The topological polar surface area (TPSA) is 57.1 Å². The lowest BCUT2D eigenvalue weighted by Crippen LogP contribution is -2.32. The number of nitrogens with zero attached hydrogens (tertiary/aromatic N) is 3. The minimum absolute atomic E-state index is 0.0986. The van der Waals surface area contributed by atoms with Crippen molar-refractivity contribution in [2.24, 2.45) is 0 Å². The van der Waals surface area contributed by atoms with Crippen LogP contribution < -0.4 is 8.85 Å². The van der Waals surface area contributed by atoms with Crippen LogP contribution in [0.1, 0.15) is 0 Å². The number of aromatic nitrogens is 3. The summed E-state index contributed by atoms with van der Waals surface area (Å²) >= 11 is 5.82. The van der Waals surface area contributed by atoms with Crippen molar-refractivity contribution in [1.29, 1.82) is 0 Å². The van der Waals surface area contributed by atoms with E-state index in [1.54, 1.807) is 0 Å². The Morgan fingerprint density at radius 3 is 1.41 bits per heavy atom. The quantitative estimate of drug-likeness (QED) is 0.798. The Balaban J connectivity index is 2.95. The summed E-state index contributed by atoms with van der Waals surface area (Å²) in [5.41, 5.74) is 0. The monoisotopic (exact) mass is 291 g/mol. The first-order chi connectivity index (χ1) is 7.55. The van der Waals surface area contributed by atoms with Gasteiger partial charge in [-0.1, -0.05) is 0 Å². The van der Waals surface area contributed by atoms with E-state index in [1.807, 2.05) is 39.3 Å². The molecular weight excluding hydrogens is 274 g/mol. The van der Waals surface area contributed by atoms with Crippen molar-refractivity contribution in [3.05, 3.63) is 5.28 Å². The molecule has 1 aromatic heterocycles. The van der Waals surface area contributed by atoms with Crippen molar-refractivity contribution >= 4 is 28.2 Å². The summed E-state index contributed by atoms with van der Waals surface area (Å²) in [5, 5.41) is 0.0986. The SMILES string of the molecule is C[Si](C)(C)Oc1nc(Cl)nc(O[Si](C)(C)C)n1. The molecule has 0 amide bonds. The smallest absolute Gasteiger partial charge is 0.310 e. The molecule has 0 aliphatic carbocycles. The van der Waals surface area contributed by atoms with E-state index < -0.39 is 16.6 Å². The fourth-order valence-corrected chi connectivity index (χ4v) is 2.38. The fourth-order valence-electron chi connectivity index (χ4n) is 0.954. The molecule has 0 saturated carbocycles. The van der Waals surface area contributed by atoms with Crippen LogP contribution in [-0.4, -0.2) is 31.6 Å². The standard InChI is InChI=1S/C9H18ClN3O2Si2/c1-16(2,3)14-8-11-7(10)12-9(13-8)15-17(4,5)6/h1-6H3. The van der Waals surface area contributed by atoms with Gasteiger partial charge >= 0.3 is 12.0 Å². The van der Waals surface area contributed by atoms with Gasteiger partial charge in [-0.2, -0.15) is 9.97 Å². The summed E-state index contributed by atoms with van der Waals surface area (Å²) in [5.74, 6) is 0. The van der Waals surface area contributed by atoms with Gasteiger partial charge in [0.2, 0.25) is 21.9 Å². The zero-order chi connectivity index (χ0) is 13.3. The molecule has 0 saturated heterocycles. The predicted molar refractivity (Wildman–Crippen MR) is 72.8 cm³/mol. The maximum Gasteiger partial charge on any atom is 0.310 e. The van der Waals surface area contributed by atoms with E-state index in [1.165, 1.54) is 0 Å². The van der Waals surface area contributed by atoms with Gasteiger partial charge in [0, 0.05) is 0 Å². The van der Waals surface area contributed by atoms with Crippen molar-refractivity contribution in [2.45, 2.75) is 39.3 Å². The Labute approximate surface area is 109 Å². The van der Waals surface area contributed by atoms with Gasteiger partial charge in [-0.25, -0.2) is 0 Å². The number of hydrogen-bond donors (Lipinski definition) is 0. The Hall–Kier alpha value is -0.666. The molecule has 0 aromatic carbocycles. The van der Waals surface area contributed by atoms with Crippen molar-refractivity contribution in [2.75, 3.05) is 0 Å². The minimum Gasteiger partial charge on any atom is -0.518 e. The van der Waals surface area contributed by atoms with E-state index in [0.717, 1.165) is 0 Å². The van der Waals surface area contributed by atoms with Gasteiger partial charge in [-0.05, 0) is 50.9 Å². The molecule has 0 atom stereocenters. The molecule has 0 N–H and O–H groups in total. The molecule has 0 aliphatic rings. The van der Waals surface area contributed by atoms with E-state index in [4.69, 9.17) is 20.5 Å². The molecule has 1 aromatic rings. The van der Waals surface area contributed by atoms with Crippen molar-refractivity contribution < 1.29 is 8.85 Å². The number of rotatable bonds is 4. The van der Waals surface area contributed by atoms with Crippen LogP contribution in [0, 0.1) is 0 Å². The molecular formula is C9H18ClN3O2Si2. The third kappa shape index (κ3) is 5.99. The maximum absolute atomic E-state index is 5.82. The largest absolute Gasteiger partial charge is 0.518 e. The lowest BCUT2D eigenvalue weighted by molar-refractivity contribution is 0.459. The van der Waals surface area contributed by atoms with Gasteiger partial charge in [0.1, 0.15) is 0 Å². The third-order valence-electron chi connectivity index (χ3n) is 1.36. The molecule has 1 heterocycles. The molecule has 0 fully saturated rings. The van der Waals surface area contributed by atoms with E-state index >= 15 is 0 Å². The summed E-state index contributed by atoms with van der Waals surface area (Å²) in [6.45, 7) is 12.3. The van der Waals surface area contributed by atoms with Gasteiger partial charge in [0.25, 0.3) is 0 Å². The van der Waals surface area contributed by atoms with Crippen molar-refractivity contribution in [3.8, 4) is 12.0 Å². The highest BCUT2D eigenvalue weighted by Gasteiger charge is 2.22. The molecule has 17 heavy (non-hydrogen) atoms. The van der Waals surface area contributed by atoms with Crippen LogP contribution >= 0.6 is 11.6 Å². The molecule has 0 unspecified atom stereocenters. The molecule has 0 bridgehead atoms. The first-order valence-electron chi connectivity index (χ1n) is 5.35. The Morgan fingerprint density at radius 1 is 0.765 bits per heavy atom. The van der Waals surface area contributed by atoms with Crippen LogP contribution in [0.4, 0.5) is 0 Å². The van der Waals surface area contributed by atoms with Crippen molar-refractivity contribution in [3.63, 3.8) is 0 Å². The average Bonchev–Trinajstić information content (AvgIpc) is 1.93. The van der Waals surface area contributed by atoms with Gasteiger partial charge in [-0.15, -0.1) is 4.98 Å². The molecule has 0 radical (unpaired) electrons. The van der Waals surface area contributed by atoms with Crippen LogP contribution in [0.25, 0.3) is 0 Å². The average molecular weight is 292 g/mol. The lowest BCUT2D eigenvalue weighted by Gasteiger charge is -2.20. The second kappa shape index (κ2) is 4.91. The summed E-state index contributed by atoms with van der Waals surface area (Å²) < 4.78 is 11.3. The fraction of sp³-hybridized carbons (Fsp3) is 0.667. The highest BCUT2D eigenvalue weighted by Crippen LogP contribution is 2.18. The molecule has 1 rings (SSSR count). The minimum atomic E-state index is -1.76. The zero-order valence-electron chi connectivity index (χ0n) is 11.0. The molecule has 96 valence electrons. The van der Waals surface area contributed by atoms with Crippen LogP contribution in [0.2, 0.25) is 44.6 Å². The van der Waals surface area contributed by atoms with Gasteiger partial charge in [0.05, 0.1) is 0 Å². The summed E-state index contributed by atoms with van der Waals surface area (Å²) in [6.07, 6.45) is 0. The highest BCUT2D eigenvalue weighted by molar-refractivity contribution is 6.70. The normalized spacial score (nSPS) is 12.4. The molecule has 5 nitrogen and oxygen atoms in total. The van der Waals surface area contributed by atoms with Crippen LogP contribution in [-0.2, 0) is 0 Å². The van der Waals surface area contributed by atoms with Crippen molar-refractivity contribution in [1.82, 2.24) is 15.0 Å². The molecule has 8 heteroatoms. The van der Waals surface area contributed by atoms with Crippen LogP contribution in [0.3, 0.4) is 0 Å². The Kier molecular flexibility index (Phi) is 4.16. The van der Waals surface area contributed by atoms with E-state index in [9.17, 15) is 0 Å². The van der Waals surface area contributed by atoms with Crippen LogP contribution in [0.15, 0.2) is 0 Å². The number of hydrogen-bond acceptors (Lipinski definition) is 5. The lowest BCUT2D eigenvalue weighted by atomic mass is 11.0.